The molecule has 2 aromatic rings. The van der Waals surface area contributed by atoms with Crippen LogP contribution < -0.4 is 15.2 Å². The molecule has 4 rings (SSSR count). The number of rotatable bonds is 1. The van der Waals surface area contributed by atoms with Crippen molar-refractivity contribution in [1.82, 2.24) is 9.55 Å². The summed E-state index contributed by atoms with van der Waals surface area (Å²) in [6.07, 6.45) is 2.17. The lowest BCUT2D eigenvalue weighted by Gasteiger charge is -2.18. The van der Waals surface area contributed by atoms with Crippen LogP contribution in [0.2, 0.25) is 0 Å². The SMILES string of the molecule is O=c1[nH]c2cc3c(cc2n1C1CC1)OCCO3. The van der Waals surface area contributed by atoms with Gasteiger partial charge in [-0.25, -0.2) is 4.79 Å². The van der Waals surface area contributed by atoms with Crippen LogP contribution in [0, 0.1) is 0 Å². The molecule has 0 atom stereocenters. The molecule has 1 aromatic heterocycles. The van der Waals surface area contributed by atoms with Crippen LogP contribution in [0.3, 0.4) is 0 Å². The first-order valence-electron chi connectivity index (χ1n) is 5.87. The van der Waals surface area contributed by atoms with E-state index in [0.29, 0.717) is 25.0 Å². The average molecular weight is 232 g/mol. The van der Waals surface area contributed by atoms with Crippen LogP contribution in [0.15, 0.2) is 16.9 Å². The number of fused-ring (bicyclic) bond motifs is 2. The maximum Gasteiger partial charge on any atom is 0.326 e. The first-order chi connectivity index (χ1) is 8.33. The third-order valence-electron chi connectivity index (χ3n) is 3.29. The molecule has 0 spiro atoms. The van der Waals surface area contributed by atoms with Crippen LogP contribution in [0.1, 0.15) is 18.9 Å². The fourth-order valence-corrected chi connectivity index (χ4v) is 2.36. The van der Waals surface area contributed by atoms with Crippen LogP contribution in [-0.4, -0.2) is 22.8 Å². The van der Waals surface area contributed by atoms with Crippen LogP contribution in [0.5, 0.6) is 11.5 Å². The molecule has 17 heavy (non-hydrogen) atoms. The Morgan fingerprint density at radius 1 is 1.18 bits per heavy atom. The Balaban J connectivity index is 2.01. The maximum absolute atomic E-state index is 11.9. The fraction of sp³-hybridized carbons (Fsp3) is 0.417. The summed E-state index contributed by atoms with van der Waals surface area (Å²) >= 11 is 0. The van der Waals surface area contributed by atoms with Crippen LogP contribution in [0.25, 0.3) is 11.0 Å². The molecule has 1 aromatic carbocycles. The first-order valence-corrected chi connectivity index (χ1v) is 5.87. The monoisotopic (exact) mass is 232 g/mol. The van der Waals surface area contributed by atoms with E-state index in [1.165, 1.54) is 0 Å². The van der Waals surface area contributed by atoms with E-state index in [0.717, 1.165) is 29.6 Å². The molecule has 0 radical (unpaired) electrons. The third-order valence-corrected chi connectivity index (χ3v) is 3.29. The quantitative estimate of drug-likeness (QED) is 0.809. The van der Waals surface area contributed by atoms with Crippen molar-refractivity contribution in [1.29, 1.82) is 0 Å². The number of ether oxygens (including phenoxy) is 2. The highest BCUT2D eigenvalue weighted by Crippen LogP contribution is 2.39. The van der Waals surface area contributed by atoms with Gasteiger partial charge >= 0.3 is 5.69 Å². The van der Waals surface area contributed by atoms with Gasteiger partial charge < -0.3 is 14.5 Å². The zero-order chi connectivity index (χ0) is 11.4. The van der Waals surface area contributed by atoms with Gasteiger partial charge in [-0.3, -0.25) is 4.57 Å². The Hall–Kier alpha value is -1.91. The van der Waals surface area contributed by atoms with Gasteiger partial charge in [0.25, 0.3) is 0 Å². The topological polar surface area (TPSA) is 56.2 Å². The second-order valence-electron chi connectivity index (χ2n) is 4.54. The number of hydrogen-bond donors (Lipinski definition) is 1. The number of nitrogens with zero attached hydrogens (tertiary/aromatic N) is 1. The summed E-state index contributed by atoms with van der Waals surface area (Å²) in [6, 6.07) is 4.11. The highest BCUT2D eigenvalue weighted by molar-refractivity contribution is 5.80. The fourth-order valence-electron chi connectivity index (χ4n) is 2.36. The zero-order valence-corrected chi connectivity index (χ0v) is 9.23. The van der Waals surface area contributed by atoms with Crippen molar-refractivity contribution in [2.24, 2.45) is 0 Å². The van der Waals surface area contributed by atoms with Crippen molar-refractivity contribution in [3.63, 3.8) is 0 Å². The normalized spacial score (nSPS) is 18.6. The van der Waals surface area contributed by atoms with Crippen molar-refractivity contribution >= 4 is 11.0 Å². The van der Waals surface area contributed by atoms with E-state index in [-0.39, 0.29) is 5.69 Å². The first kappa shape index (κ1) is 9.15. The lowest BCUT2D eigenvalue weighted by Crippen LogP contribution is -2.16. The summed E-state index contributed by atoms with van der Waals surface area (Å²) in [7, 11) is 0. The van der Waals surface area contributed by atoms with Crippen LogP contribution >= 0.6 is 0 Å². The molecule has 1 saturated carbocycles. The highest BCUT2D eigenvalue weighted by atomic mass is 16.6. The minimum Gasteiger partial charge on any atom is -0.486 e. The van der Waals surface area contributed by atoms with E-state index in [4.69, 9.17) is 9.47 Å². The lowest BCUT2D eigenvalue weighted by molar-refractivity contribution is 0.172. The molecule has 0 unspecified atom stereocenters. The summed E-state index contributed by atoms with van der Waals surface area (Å²) in [4.78, 5) is 14.7. The minimum absolute atomic E-state index is 0.0372. The van der Waals surface area contributed by atoms with Crippen LogP contribution in [0.4, 0.5) is 0 Å². The summed E-state index contributed by atoms with van der Waals surface area (Å²) in [6.45, 7) is 1.13. The van der Waals surface area contributed by atoms with Gasteiger partial charge in [0.05, 0.1) is 11.0 Å². The average Bonchev–Trinajstić information content (AvgIpc) is 3.10. The van der Waals surface area contributed by atoms with Gasteiger partial charge in [-0.15, -0.1) is 0 Å². The number of benzene rings is 1. The third kappa shape index (κ3) is 1.28. The molecule has 1 fully saturated rings. The molecule has 2 heterocycles. The molecule has 1 aliphatic heterocycles. The lowest BCUT2D eigenvalue weighted by atomic mass is 10.2. The van der Waals surface area contributed by atoms with E-state index < -0.39 is 0 Å². The summed E-state index contributed by atoms with van der Waals surface area (Å²) in [5, 5.41) is 0. The Morgan fingerprint density at radius 2 is 1.88 bits per heavy atom. The van der Waals surface area contributed by atoms with Crippen molar-refractivity contribution < 1.29 is 9.47 Å². The second-order valence-corrected chi connectivity index (χ2v) is 4.54. The van der Waals surface area contributed by atoms with Crippen molar-refractivity contribution in [2.45, 2.75) is 18.9 Å². The Bertz CT molecular complexity index is 652. The van der Waals surface area contributed by atoms with E-state index in [1.54, 1.807) is 0 Å². The molecule has 0 bridgehead atoms. The molecule has 1 aliphatic carbocycles. The maximum atomic E-state index is 11.9. The second kappa shape index (κ2) is 3.06. The number of H-pyrrole nitrogens is 1. The molecule has 1 N–H and O–H groups in total. The molecule has 5 heteroatoms. The number of imidazole rings is 1. The summed E-state index contributed by atoms with van der Waals surface area (Å²) in [5.41, 5.74) is 1.71. The summed E-state index contributed by atoms with van der Waals surface area (Å²) in [5.74, 6) is 1.45. The van der Waals surface area contributed by atoms with E-state index >= 15 is 0 Å². The Morgan fingerprint density at radius 3 is 2.59 bits per heavy atom. The highest BCUT2D eigenvalue weighted by Gasteiger charge is 2.28. The van der Waals surface area contributed by atoms with Crippen molar-refractivity contribution in [2.75, 3.05) is 13.2 Å². The minimum atomic E-state index is -0.0372. The molecule has 0 saturated heterocycles. The van der Waals surface area contributed by atoms with E-state index in [1.807, 2.05) is 16.7 Å². The largest absolute Gasteiger partial charge is 0.486 e. The molecule has 88 valence electrons. The van der Waals surface area contributed by atoms with Gasteiger partial charge in [0.2, 0.25) is 0 Å². The van der Waals surface area contributed by atoms with E-state index in [9.17, 15) is 4.79 Å². The van der Waals surface area contributed by atoms with Crippen LogP contribution in [-0.2, 0) is 0 Å². The molecular weight excluding hydrogens is 220 g/mol. The zero-order valence-electron chi connectivity index (χ0n) is 9.23. The van der Waals surface area contributed by atoms with Gasteiger partial charge in [-0.05, 0) is 12.8 Å². The molecule has 0 amide bonds. The van der Waals surface area contributed by atoms with Gasteiger partial charge in [0.1, 0.15) is 13.2 Å². The predicted octanol–water partition coefficient (Wildman–Crippen LogP) is 1.44. The van der Waals surface area contributed by atoms with Crippen molar-refractivity contribution in [3.05, 3.63) is 22.6 Å². The predicted molar refractivity (Wildman–Crippen MR) is 61.8 cm³/mol. The standard InChI is InChI=1S/C12H12N2O3/c15-12-13-8-5-10-11(17-4-3-16-10)6-9(8)14(12)7-1-2-7/h5-7H,1-4H2,(H,13,15). The van der Waals surface area contributed by atoms with E-state index in [2.05, 4.69) is 4.98 Å². The van der Waals surface area contributed by atoms with Gasteiger partial charge in [-0.2, -0.15) is 0 Å². The Kier molecular flexibility index (Phi) is 1.65. The number of nitrogens with one attached hydrogen (secondary N) is 1. The Labute approximate surface area is 97.0 Å². The van der Waals surface area contributed by atoms with Gasteiger partial charge in [0.15, 0.2) is 11.5 Å². The number of aromatic nitrogens is 2. The van der Waals surface area contributed by atoms with Crippen molar-refractivity contribution in [3.8, 4) is 11.5 Å². The van der Waals surface area contributed by atoms with Gasteiger partial charge in [-0.1, -0.05) is 0 Å². The summed E-state index contributed by atoms with van der Waals surface area (Å²) < 4.78 is 12.9. The molecule has 5 nitrogen and oxygen atoms in total. The van der Waals surface area contributed by atoms with Gasteiger partial charge in [0, 0.05) is 18.2 Å². The molecule has 2 aliphatic rings. The smallest absolute Gasteiger partial charge is 0.326 e. The molecular formula is C12H12N2O3. The number of hydrogen-bond acceptors (Lipinski definition) is 3. The number of aromatic amines is 1.